The normalized spacial score (nSPS) is 10.5. The van der Waals surface area contributed by atoms with Gasteiger partial charge in [0.2, 0.25) is 0 Å². The van der Waals surface area contributed by atoms with Gasteiger partial charge in [0.15, 0.2) is 12.4 Å². The first kappa shape index (κ1) is 18.3. The molecule has 2 rings (SSSR count). The highest BCUT2D eigenvalue weighted by molar-refractivity contribution is 6.07. The Kier molecular flexibility index (Phi) is 6.34. The molecule has 0 atom stereocenters. The summed E-state index contributed by atoms with van der Waals surface area (Å²) in [7, 11) is 4.93. The minimum atomic E-state index is -0.125. The molecule has 0 spiro atoms. The van der Waals surface area contributed by atoms with E-state index in [1.54, 1.807) is 51.5 Å². The van der Waals surface area contributed by atoms with Gasteiger partial charge in [0.1, 0.15) is 11.5 Å². The Balaban J connectivity index is 2.00. The second kappa shape index (κ2) is 8.68. The molecule has 0 aromatic heterocycles. The number of ether oxygens (including phenoxy) is 2. The fourth-order valence-electron chi connectivity index (χ4n) is 2.06. The van der Waals surface area contributed by atoms with Crippen LogP contribution in [-0.2, 0) is 4.79 Å². The molecular weight excluding hydrogens is 318 g/mol. The number of para-hydroxylation sites is 1. The van der Waals surface area contributed by atoms with Crippen LogP contribution in [0.25, 0.3) is 6.08 Å². The summed E-state index contributed by atoms with van der Waals surface area (Å²) in [6.07, 6.45) is 3.23. The lowest BCUT2D eigenvalue weighted by Gasteiger charge is -2.11. The zero-order valence-electron chi connectivity index (χ0n) is 14.6. The van der Waals surface area contributed by atoms with Crippen LogP contribution in [0.15, 0.2) is 54.6 Å². The Labute approximate surface area is 147 Å². The molecule has 130 valence electrons. The van der Waals surface area contributed by atoms with E-state index in [9.17, 15) is 9.59 Å². The fourth-order valence-corrected chi connectivity index (χ4v) is 2.06. The Hall–Kier alpha value is -3.08. The van der Waals surface area contributed by atoms with E-state index >= 15 is 0 Å². The predicted molar refractivity (Wildman–Crippen MR) is 97.0 cm³/mol. The second-order valence-electron chi connectivity index (χ2n) is 5.54. The van der Waals surface area contributed by atoms with Crippen LogP contribution in [0.2, 0.25) is 0 Å². The maximum absolute atomic E-state index is 12.3. The molecule has 0 saturated carbocycles. The number of amides is 1. The summed E-state index contributed by atoms with van der Waals surface area (Å²) >= 11 is 0. The second-order valence-corrected chi connectivity index (χ2v) is 5.54. The highest BCUT2D eigenvalue weighted by atomic mass is 16.5. The maximum atomic E-state index is 12.3. The van der Waals surface area contributed by atoms with Gasteiger partial charge in [0.25, 0.3) is 5.91 Å². The van der Waals surface area contributed by atoms with Crippen LogP contribution in [0.3, 0.4) is 0 Å². The first-order valence-corrected chi connectivity index (χ1v) is 7.79. The lowest BCUT2D eigenvalue weighted by atomic mass is 10.1. The van der Waals surface area contributed by atoms with Crippen LogP contribution < -0.4 is 9.47 Å². The molecule has 0 unspecified atom stereocenters. The average Bonchev–Trinajstić information content (AvgIpc) is 2.64. The van der Waals surface area contributed by atoms with Crippen molar-refractivity contribution in [1.82, 2.24) is 4.90 Å². The summed E-state index contributed by atoms with van der Waals surface area (Å²) in [4.78, 5) is 25.2. The number of methoxy groups -OCH3 is 1. The molecule has 0 fully saturated rings. The number of allylic oxidation sites excluding steroid dienone is 1. The standard InChI is InChI=1S/C20H21NO4/c1-21(2)20(23)14-25-17-11-8-15(9-12-17)18(22)13-10-16-6-4-5-7-19(16)24-3/h4-13H,14H2,1-3H3/b13-10+. The number of rotatable bonds is 7. The molecular formula is C20H21NO4. The van der Waals surface area contributed by atoms with Crippen molar-refractivity contribution in [2.45, 2.75) is 0 Å². The van der Waals surface area contributed by atoms with Crippen LogP contribution in [0.4, 0.5) is 0 Å². The molecule has 0 aliphatic carbocycles. The van der Waals surface area contributed by atoms with Crippen LogP contribution in [0, 0.1) is 0 Å². The lowest BCUT2D eigenvalue weighted by molar-refractivity contribution is -0.130. The van der Waals surface area contributed by atoms with Crippen molar-refractivity contribution in [1.29, 1.82) is 0 Å². The quantitative estimate of drug-likeness (QED) is 0.575. The minimum Gasteiger partial charge on any atom is -0.496 e. The summed E-state index contributed by atoms with van der Waals surface area (Å²) in [6, 6.07) is 14.2. The predicted octanol–water partition coefficient (Wildman–Crippen LogP) is 3.06. The van der Waals surface area contributed by atoms with Crippen molar-refractivity contribution in [3.63, 3.8) is 0 Å². The third-order valence-corrected chi connectivity index (χ3v) is 3.55. The highest BCUT2D eigenvalue weighted by Crippen LogP contribution is 2.19. The molecule has 0 aliphatic rings. The third-order valence-electron chi connectivity index (χ3n) is 3.55. The summed E-state index contributed by atoms with van der Waals surface area (Å²) in [6.45, 7) is -0.0337. The number of carbonyl (C=O) groups excluding carboxylic acids is 2. The summed E-state index contributed by atoms with van der Waals surface area (Å²) in [5.74, 6) is 1.00. The van der Waals surface area contributed by atoms with Crippen molar-refractivity contribution in [2.75, 3.05) is 27.8 Å². The van der Waals surface area contributed by atoms with Crippen LogP contribution >= 0.6 is 0 Å². The zero-order chi connectivity index (χ0) is 18.2. The molecule has 0 N–H and O–H groups in total. The number of likely N-dealkylation sites (N-methyl/N-ethyl adjacent to an activating group) is 1. The van der Waals surface area contributed by atoms with Gasteiger partial charge in [-0.25, -0.2) is 0 Å². The fraction of sp³-hybridized carbons (Fsp3) is 0.200. The number of nitrogens with zero attached hydrogens (tertiary/aromatic N) is 1. The molecule has 5 nitrogen and oxygen atoms in total. The van der Waals surface area contributed by atoms with Gasteiger partial charge in [0.05, 0.1) is 7.11 Å². The Morgan fingerprint density at radius 1 is 1.04 bits per heavy atom. The van der Waals surface area contributed by atoms with E-state index in [1.807, 2.05) is 24.3 Å². The van der Waals surface area contributed by atoms with E-state index in [1.165, 1.54) is 11.0 Å². The third kappa shape index (κ3) is 5.21. The van der Waals surface area contributed by atoms with Crippen molar-refractivity contribution in [3.05, 3.63) is 65.7 Å². The molecule has 2 aromatic rings. The van der Waals surface area contributed by atoms with E-state index in [0.717, 1.165) is 5.56 Å². The number of benzene rings is 2. The van der Waals surface area contributed by atoms with Gasteiger partial charge >= 0.3 is 0 Å². The van der Waals surface area contributed by atoms with Crippen molar-refractivity contribution < 1.29 is 19.1 Å². The summed E-state index contributed by atoms with van der Waals surface area (Å²) < 4.78 is 10.6. The van der Waals surface area contributed by atoms with Crippen molar-refractivity contribution >= 4 is 17.8 Å². The molecule has 0 aliphatic heterocycles. The Bertz CT molecular complexity index is 764. The molecule has 5 heteroatoms. The van der Waals surface area contributed by atoms with Gasteiger partial charge in [-0.05, 0) is 42.5 Å². The number of hydrogen-bond donors (Lipinski definition) is 0. The van der Waals surface area contributed by atoms with Crippen molar-refractivity contribution in [2.24, 2.45) is 0 Å². The highest BCUT2D eigenvalue weighted by Gasteiger charge is 2.06. The smallest absolute Gasteiger partial charge is 0.259 e. The summed E-state index contributed by atoms with van der Waals surface area (Å²) in [5.41, 5.74) is 1.37. The molecule has 25 heavy (non-hydrogen) atoms. The van der Waals surface area contributed by atoms with Gasteiger partial charge in [-0.15, -0.1) is 0 Å². The maximum Gasteiger partial charge on any atom is 0.259 e. The molecule has 0 bridgehead atoms. The van der Waals surface area contributed by atoms with E-state index in [0.29, 0.717) is 17.1 Å². The topological polar surface area (TPSA) is 55.8 Å². The zero-order valence-corrected chi connectivity index (χ0v) is 14.6. The largest absolute Gasteiger partial charge is 0.496 e. The number of ketones is 1. The van der Waals surface area contributed by atoms with Crippen LogP contribution in [0.5, 0.6) is 11.5 Å². The average molecular weight is 339 g/mol. The number of carbonyl (C=O) groups is 2. The van der Waals surface area contributed by atoms with Crippen molar-refractivity contribution in [3.8, 4) is 11.5 Å². The molecule has 0 heterocycles. The van der Waals surface area contributed by atoms with E-state index in [-0.39, 0.29) is 18.3 Å². The van der Waals surface area contributed by atoms with Crippen LogP contribution in [0.1, 0.15) is 15.9 Å². The van der Waals surface area contributed by atoms with Gasteiger partial charge in [-0.3, -0.25) is 9.59 Å². The molecule has 2 aromatic carbocycles. The Morgan fingerprint density at radius 3 is 2.36 bits per heavy atom. The van der Waals surface area contributed by atoms with E-state index in [4.69, 9.17) is 9.47 Å². The first-order chi connectivity index (χ1) is 12.0. The van der Waals surface area contributed by atoms with E-state index in [2.05, 4.69) is 0 Å². The summed E-state index contributed by atoms with van der Waals surface area (Å²) in [5, 5.41) is 0. The van der Waals surface area contributed by atoms with Gasteiger partial charge < -0.3 is 14.4 Å². The molecule has 0 radical (unpaired) electrons. The monoisotopic (exact) mass is 339 g/mol. The Morgan fingerprint density at radius 2 is 1.72 bits per heavy atom. The van der Waals surface area contributed by atoms with E-state index < -0.39 is 0 Å². The van der Waals surface area contributed by atoms with Gasteiger partial charge in [0, 0.05) is 25.2 Å². The number of hydrogen-bond acceptors (Lipinski definition) is 4. The molecule has 0 saturated heterocycles. The van der Waals surface area contributed by atoms with Crippen LogP contribution in [-0.4, -0.2) is 44.4 Å². The minimum absolute atomic E-state index is 0.0337. The molecule has 1 amide bonds. The van der Waals surface area contributed by atoms with Gasteiger partial charge in [-0.1, -0.05) is 18.2 Å². The van der Waals surface area contributed by atoms with Gasteiger partial charge in [-0.2, -0.15) is 0 Å². The SMILES string of the molecule is COc1ccccc1/C=C/C(=O)c1ccc(OCC(=O)N(C)C)cc1. The first-order valence-electron chi connectivity index (χ1n) is 7.79. The lowest BCUT2D eigenvalue weighted by Crippen LogP contribution is -2.27.